The molecule has 31 heavy (non-hydrogen) atoms. The Bertz CT molecular complexity index is 1050. The predicted molar refractivity (Wildman–Crippen MR) is 107 cm³/mol. The van der Waals surface area contributed by atoms with Crippen molar-refractivity contribution < 1.29 is 35.9 Å². The first-order chi connectivity index (χ1) is 14.6. The Morgan fingerprint density at radius 3 is 2.61 bits per heavy atom. The molecule has 1 atom stereocenters. The van der Waals surface area contributed by atoms with Crippen molar-refractivity contribution in [2.45, 2.75) is 23.9 Å². The van der Waals surface area contributed by atoms with E-state index in [0.717, 1.165) is 18.6 Å². The van der Waals surface area contributed by atoms with Gasteiger partial charge in [-0.3, -0.25) is 9.52 Å². The van der Waals surface area contributed by atoms with E-state index in [4.69, 9.17) is 9.47 Å². The van der Waals surface area contributed by atoms with Crippen molar-refractivity contribution in [3.8, 4) is 5.75 Å². The van der Waals surface area contributed by atoms with Crippen molar-refractivity contribution in [3.63, 3.8) is 0 Å². The van der Waals surface area contributed by atoms with Crippen LogP contribution in [0.15, 0.2) is 47.4 Å². The largest absolute Gasteiger partial charge is 0.495 e. The molecule has 0 radical (unpaired) electrons. The van der Waals surface area contributed by atoms with Gasteiger partial charge in [0, 0.05) is 37.1 Å². The summed E-state index contributed by atoms with van der Waals surface area (Å²) in [4.78, 5) is 11.9. The molecule has 1 saturated heterocycles. The SMILES string of the molecule is COc1cc(NC(=O)CC2CCOC2)ccc1S(=O)(=O)Nc1cccc(C(F)(F)F)c1. The van der Waals surface area contributed by atoms with E-state index in [2.05, 4.69) is 10.0 Å². The molecule has 168 valence electrons. The Labute approximate surface area is 177 Å². The van der Waals surface area contributed by atoms with Crippen LogP contribution in [0.5, 0.6) is 5.75 Å². The molecule has 1 aliphatic rings. The summed E-state index contributed by atoms with van der Waals surface area (Å²) in [5.74, 6) is -0.171. The monoisotopic (exact) mass is 458 g/mol. The van der Waals surface area contributed by atoms with E-state index in [0.29, 0.717) is 25.0 Å². The number of anilines is 2. The van der Waals surface area contributed by atoms with Crippen LogP contribution in [0.1, 0.15) is 18.4 Å². The fraction of sp³-hybridized carbons (Fsp3) is 0.350. The van der Waals surface area contributed by atoms with E-state index < -0.39 is 21.8 Å². The smallest absolute Gasteiger partial charge is 0.416 e. The quantitative estimate of drug-likeness (QED) is 0.657. The van der Waals surface area contributed by atoms with E-state index in [-0.39, 0.29) is 34.6 Å². The second kappa shape index (κ2) is 9.15. The molecule has 0 aromatic heterocycles. The zero-order valence-electron chi connectivity index (χ0n) is 16.5. The molecule has 1 fully saturated rings. The highest BCUT2D eigenvalue weighted by molar-refractivity contribution is 7.92. The number of amides is 1. The molecule has 3 rings (SSSR count). The van der Waals surface area contributed by atoms with Crippen LogP contribution in [0, 0.1) is 5.92 Å². The number of carbonyl (C=O) groups is 1. The Morgan fingerprint density at radius 1 is 1.19 bits per heavy atom. The number of hydrogen-bond acceptors (Lipinski definition) is 5. The van der Waals surface area contributed by atoms with Gasteiger partial charge in [-0.05, 0) is 42.7 Å². The fourth-order valence-corrected chi connectivity index (χ4v) is 4.36. The van der Waals surface area contributed by atoms with Crippen LogP contribution in [-0.2, 0) is 25.7 Å². The average Bonchev–Trinajstić information content (AvgIpc) is 3.19. The van der Waals surface area contributed by atoms with Crippen molar-refractivity contribution >= 4 is 27.3 Å². The van der Waals surface area contributed by atoms with Crippen molar-refractivity contribution in [3.05, 3.63) is 48.0 Å². The van der Waals surface area contributed by atoms with Crippen LogP contribution in [0.25, 0.3) is 0 Å². The van der Waals surface area contributed by atoms with Gasteiger partial charge in [-0.15, -0.1) is 0 Å². The first-order valence-electron chi connectivity index (χ1n) is 9.34. The Hall–Kier alpha value is -2.79. The summed E-state index contributed by atoms with van der Waals surface area (Å²) in [5, 5.41) is 2.68. The number of nitrogens with one attached hydrogen (secondary N) is 2. The van der Waals surface area contributed by atoms with Gasteiger partial charge in [0.05, 0.1) is 12.7 Å². The summed E-state index contributed by atoms with van der Waals surface area (Å²) < 4.78 is 76.6. The Kier molecular flexibility index (Phi) is 6.75. The van der Waals surface area contributed by atoms with Crippen LogP contribution in [0.3, 0.4) is 0 Å². The number of halogens is 3. The minimum absolute atomic E-state index is 0.0681. The van der Waals surface area contributed by atoms with Gasteiger partial charge in [-0.1, -0.05) is 6.07 Å². The summed E-state index contributed by atoms with van der Waals surface area (Å²) in [6, 6.07) is 7.78. The first-order valence-corrected chi connectivity index (χ1v) is 10.8. The van der Waals surface area contributed by atoms with Gasteiger partial charge in [0.25, 0.3) is 10.0 Å². The topological polar surface area (TPSA) is 93.7 Å². The number of hydrogen-bond donors (Lipinski definition) is 2. The second-order valence-electron chi connectivity index (χ2n) is 7.03. The maximum absolute atomic E-state index is 12.9. The number of rotatable bonds is 7. The number of sulfonamides is 1. The zero-order chi connectivity index (χ0) is 22.6. The lowest BCUT2D eigenvalue weighted by molar-refractivity contribution is -0.137. The molecular weight excluding hydrogens is 437 g/mol. The minimum atomic E-state index is -4.61. The molecule has 0 saturated carbocycles. The lowest BCUT2D eigenvalue weighted by atomic mass is 10.0. The molecule has 1 aliphatic heterocycles. The number of carbonyl (C=O) groups excluding carboxylic acids is 1. The lowest BCUT2D eigenvalue weighted by Gasteiger charge is -2.15. The second-order valence-corrected chi connectivity index (χ2v) is 8.68. The molecule has 0 bridgehead atoms. The van der Waals surface area contributed by atoms with E-state index in [9.17, 15) is 26.4 Å². The lowest BCUT2D eigenvalue weighted by Crippen LogP contribution is -2.17. The highest BCUT2D eigenvalue weighted by Crippen LogP contribution is 2.33. The normalized spacial score (nSPS) is 16.7. The van der Waals surface area contributed by atoms with Crippen molar-refractivity contribution in [1.29, 1.82) is 0 Å². The highest BCUT2D eigenvalue weighted by atomic mass is 32.2. The first kappa shape index (κ1) is 22.9. The van der Waals surface area contributed by atoms with Crippen molar-refractivity contribution in [1.82, 2.24) is 0 Å². The predicted octanol–water partition coefficient (Wildman–Crippen LogP) is 3.88. The molecule has 1 heterocycles. The third-order valence-corrected chi connectivity index (χ3v) is 6.10. The molecular formula is C20H21F3N2O5S. The number of alkyl halides is 3. The van der Waals surface area contributed by atoms with Gasteiger partial charge in [-0.25, -0.2) is 8.42 Å². The minimum Gasteiger partial charge on any atom is -0.495 e. The van der Waals surface area contributed by atoms with Gasteiger partial charge < -0.3 is 14.8 Å². The molecule has 2 aromatic carbocycles. The Balaban J connectivity index is 1.77. The van der Waals surface area contributed by atoms with E-state index in [1.807, 2.05) is 0 Å². The molecule has 7 nitrogen and oxygen atoms in total. The van der Waals surface area contributed by atoms with Crippen LogP contribution in [-0.4, -0.2) is 34.6 Å². The van der Waals surface area contributed by atoms with Gasteiger partial charge in [0.15, 0.2) is 0 Å². The third-order valence-electron chi connectivity index (χ3n) is 4.68. The van der Waals surface area contributed by atoms with Crippen LogP contribution in [0.2, 0.25) is 0 Å². The molecule has 1 amide bonds. The molecule has 0 spiro atoms. The molecule has 0 aliphatic carbocycles. The van der Waals surface area contributed by atoms with Gasteiger partial charge in [-0.2, -0.15) is 13.2 Å². The summed E-state index contributed by atoms with van der Waals surface area (Å²) in [7, 11) is -3.00. The van der Waals surface area contributed by atoms with Gasteiger partial charge >= 0.3 is 6.18 Å². The van der Waals surface area contributed by atoms with Gasteiger partial charge in [0.1, 0.15) is 10.6 Å². The zero-order valence-corrected chi connectivity index (χ0v) is 17.3. The summed E-state index contributed by atoms with van der Waals surface area (Å²) in [6.07, 6.45) is -3.53. The van der Waals surface area contributed by atoms with Crippen LogP contribution >= 0.6 is 0 Å². The van der Waals surface area contributed by atoms with Crippen molar-refractivity contribution in [2.75, 3.05) is 30.4 Å². The number of methoxy groups -OCH3 is 1. The van der Waals surface area contributed by atoms with E-state index in [1.165, 1.54) is 31.4 Å². The van der Waals surface area contributed by atoms with Gasteiger partial charge in [0.2, 0.25) is 5.91 Å². The van der Waals surface area contributed by atoms with E-state index >= 15 is 0 Å². The van der Waals surface area contributed by atoms with Crippen LogP contribution in [0.4, 0.5) is 24.5 Å². The Morgan fingerprint density at radius 2 is 1.97 bits per heavy atom. The maximum Gasteiger partial charge on any atom is 0.416 e. The molecule has 11 heteroatoms. The molecule has 2 N–H and O–H groups in total. The molecule has 2 aromatic rings. The number of benzene rings is 2. The summed E-state index contributed by atoms with van der Waals surface area (Å²) >= 11 is 0. The molecule has 1 unspecified atom stereocenters. The summed E-state index contributed by atoms with van der Waals surface area (Å²) in [5.41, 5.74) is -0.891. The highest BCUT2D eigenvalue weighted by Gasteiger charge is 2.31. The third kappa shape index (κ3) is 5.88. The standard InChI is InChI=1S/C20H21F3N2O5S/c1-29-17-11-15(24-19(26)9-13-7-8-30-12-13)5-6-18(17)31(27,28)25-16-4-2-3-14(10-16)20(21,22)23/h2-6,10-11,13,25H,7-9,12H2,1H3,(H,24,26). The van der Waals surface area contributed by atoms with Crippen LogP contribution < -0.4 is 14.8 Å². The average molecular weight is 458 g/mol. The van der Waals surface area contributed by atoms with E-state index in [1.54, 1.807) is 0 Å². The maximum atomic E-state index is 12.9. The summed E-state index contributed by atoms with van der Waals surface area (Å²) in [6.45, 7) is 1.15. The number of ether oxygens (including phenoxy) is 2. The van der Waals surface area contributed by atoms with Crippen molar-refractivity contribution in [2.24, 2.45) is 5.92 Å². The fourth-order valence-electron chi connectivity index (χ4n) is 3.16.